The van der Waals surface area contributed by atoms with E-state index in [1.54, 1.807) is 6.07 Å². The van der Waals surface area contributed by atoms with Crippen LogP contribution < -0.4 is 0 Å². The third kappa shape index (κ3) is 2.64. The molecule has 2 rings (SSSR count). The average molecular weight is 228 g/mol. The molecule has 0 unspecified atom stereocenters. The van der Waals surface area contributed by atoms with Crippen LogP contribution in [0.1, 0.15) is 21.5 Å². The van der Waals surface area contributed by atoms with Gasteiger partial charge in [-0.3, -0.25) is 0 Å². The molecule has 0 bridgehead atoms. The number of hydrogen-bond donors (Lipinski definition) is 2. The number of phenols is 1. The zero-order valence-corrected chi connectivity index (χ0v) is 9.13. The molecule has 3 heteroatoms. The highest BCUT2D eigenvalue weighted by molar-refractivity contribution is 5.90. The van der Waals surface area contributed by atoms with Crippen molar-refractivity contribution in [2.24, 2.45) is 0 Å². The van der Waals surface area contributed by atoms with E-state index in [-0.39, 0.29) is 11.3 Å². The summed E-state index contributed by atoms with van der Waals surface area (Å²) in [5.41, 5.74) is 1.94. The second-order valence-corrected chi connectivity index (χ2v) is 3.82. The molecule has 2 aromatic rings. The highest BCUT2D eigenvalue weighted by Crippen LogP contribution is 2.20. The van der Waals surface area contributed by atoms with Gasteiger partial charge in [0.15, 0.2) is 0 Å². The van der Waals surface area contributed by atoms with E-state index in [9.17, 15) is 9.90 Å². The molecule has 2 aromatic carbocycles. The summed E-state index contributed by atoms with van der Waals surface area (Å²) >= 11 is 0. The van der Waals surface area contributed by atoms with Crippen molar-refractivity contribution in [3.63, 3.8) is 0 Å². The Labute approximate surface area is 99.0 Å². The lowest BCUT2D eigenvalue weighted by Gasteiger charge is -2.04. The Morgan fingerprint density at radius 3 is 2.29 bits per heavy atom. The van der Waals surface area contributed by atoms with Gasteiger partial charge in [-0.15, -0.1) is 0 Å². The Bertz CT molecular complexity index is 532. The van der Waals surface area contributed by atoms with Gasteiger partial charge in [-0.1, -0.05) is 36.4 Å². The van der Waals surface area contributed by atoms with Crippen LogP contribution in [0.2, 0.25) is 0 Å². The van der Waals surface area contributed by atoms with Gasteiger partial charge < -0.3 is 10.2 Å². The Balaban J connectivity index is 2.24. The van der Waals surface area contributed by atoms with Gasteiger partial charge in [0.2, 0.25) is 0 Å². The first-order valence-corrected chi connectivity index (χ1v) is 5.26. The van der Waals surface area contributed by atoms with Crippen molar-refractivity contribution in [3.05, 3.63) is 65.2 Å². The first kappa shape index (κ1) is 11.2. The van der Waals surface area contributed by atoms with Crippen molar-refractivity contribution in [2.75, 3.05) is 0 Å². The number of carboxylic acid groups (broad SMARTS) is 1. The lowest BCUT2D eigenvalue weighted by Crippen LogP contribution is -1.97. The SMILES string of the molecule is O=C(O)c1ccc(Cc2ccccc2)cc1O. The summed E-state index contributed by atoms with van der Waals surface area (Å²) in [4.78, 5) is 10.7. The van der Waals surface area contributed by atoms with Gasteiger partial charge in [0, 0.05) is 0 Å². The maximum absolute atomic E-state index is 10.7. The Morgan fingerprint density at radius 1 is 1.00 bits per heavy atom. The minimum atomic E-state index is -1.12. The van der Waals surface area contributed by atoms with Gasteiger partial charge in [-0.05, 0) is 29.7 Å². The largest absolute Gasteiger partial charge is 0.507 e. The smallest absolute Gasteiger partial charge is 0.339 e. The quantitative estimate of drug-likeness (QED) is 0.849. The van der Waals surface area contributed by atoms with Crippen LogP contribution in [0, 0.1) is 0 Å². The van der Waals surface area contributed by atoms with E-state index in [0.29, 0.717) is 6.42 Å². The van der Waals surface area contributed by atoms with Crippen LogP contribution in [-0.4, -0.2) is 16.2 Å². The zero-order chi connectivity index (χ0) is 12.3. The van der Waals surface area contributed by atoms with Crippen molar-refractivity contribution in [1.29, 1.82) is 0 Å². The lowest BCUT2D eigenvalue weighted by molar-refractivity contribution is 0.0693. The summed E-state index contributed by atoms with van der Waals surface area (Å²) in [5, 5.41) is 18.3. The van der Waals surface area contributed by atoms with E-state index in [2.05, 4.69) is 0 Å². The zero-order valence-electron chi connectivity index (χ0n) is 9.13. The maximum atomic E-state index is 10.7. The number of aromatic hydroxyl groups is 1. The Hall–Kier alpha value is -2.29. The molecule has 17 heavy (non-hydrogen) atoms. The number of rotatable bonds is 3. The summed E-state index contributed by atoms with van der Waals surface area (Å²) in [6.07, 6.45) is 0.675. The van der Waals surface area contributed by atoms with Crippen LogP contribution in [0.15, 0.2) is 48.5 Å². The number of aromatic carboxylic acids is 1. The van der Waals surface area contributed by atoms with Gasteiger partial charge in [0.25, 0.3) is 0 Å². The standard InChI is InChI=1S/C14H12O3/c15-13-9-11(6-7-12(13)14(16)17)8-10-4-2-1-3-5-10/h1-7,9,15H,8H2,(H,16,17). The minimum Gasteiger partial charge on any atom is -0.507 e. The first-order chi connectivity index (χ1) is 8.16. The Kier molecular flexibility index (Phi) is 3.10. The topological polar surface area (TPSA) is 57.5 Å². The predicted octanol–water partition coefficient (Wildman–Crippen LogP) is 2.68. The number of carboxylic acids is 1. The van der Waals surface area contributed by atoms with E-state index in [1.807, 2.05) is 30.3 Å². The molecule has 2 N–H and O–H groups in total. The second kappa shape index (κ2) is 4.70. The van der Waals surface area contributed by atoms with Crippen LogP contribution in [-0.2, 0) is 6.42 Å². The predicted molar refractivity (Wildman–Crippen MR) is 64.3 cm³/mol. The van der Waals surface area contributed by atoms with Gasteiger partial charge in [-0.2, -0.15) is 0 Å². The van der Waals surface area contributed by atoms with Crippen molar-refractivity contribution >= 4 is 5.97 Å². The molecule has 0 radical (unpaired) electrons. The first-order valence-electron chi connectivity index (χ1n) is 5.26. The molecular formula is C14H12O3. The molecular weight excluding hydrogens is 216 g/mol. The fourth-order valence-corrected chi connectivity index (χ4v) is 1.70. The van der Waals surface area contributed by atoms with Crippen LogP contribution in [0.4, 0.5) is 0 Å². The lowest BCUT2D eigenvalue weighted by atomic mass is 10.0. The molecule has 0 fully saturated rings. The fraction of sp³-hybridized carbons (Fsp3) is 0.0714. The van der Waals surface area contributed by atoms with Gasteiger partial charge in [0.05, 0.1) is 0 Å². The average Bonchev–Trinajstić information content (AvgIpc) is 2.30. The van der Waals surface area contributed by atoms with Gasteiger partial charge >= 0.3 is 5.97 Å². The summed E-state index contributed by atoms with van der Waals surface area (Å²) in [6, 6.07) is 14.4. The molecule has 86 valence electrons. The monoisotopic (exact) mass is 228 g/mol. The van der Waals surface area contributed by atoms with Crippen molar-refractivity contribution in [1.82, 2.24) is 0 Å². The molecule has 0 heterocycles. The number of hydrogen-bond acceptors (Lipinski definition) is 2. The van der Waals surface area contributed by atoms with Crippen molar-refractivity contribution < 1.29 is 15.0 Å². The highest BCUT2D eigenvalue weighted by Gasteiger charge is 2.09. The normalized spacial score (nSPS) is 10.1. The molecule has 0 aromatic heterocycles. The van der Waals surface area contributed by atoms with E-state index in [0.717, 1.165) is 11.1 Å². The molecule has 0 atom stereocenters. The number of carbonyl (C=O) groups is 1. The molecule has 3 nitrogen and oxygen atoms in total. The summed E-state index contributed by atoms with van der Waals surface area (Å²) in [6.45, 7) is 0. The van der Waals surface area contributed by atoms with E-state index in [4.69, 9.17) is 5.11 Å². The highest BCUT2D eigenvalue weighted by atomic mass is 16.4. The molecule has 0 saturated carbocycles. The molecule has 0 amide bonds. The third-order valence-electron chi connectivity index (χ3n) is 2.54. The fourth-order valence-electron chi connectivity index (χ4n) is 1.70. The van der Waals surface area contributed by atoms with Crippen molar-refractivity contribution in [2.45, 2.75) is 6.42 Å². The molecule has 0 aliphatic carbocycles. The van der Waals surface area contributed by atoms with E-state index in [1.165, 1.54) is 12.1 Å². The molecule has 0 aliphatic rings. The summed E-state index contributed by atoms with van der Waals surface area (Å²) < 4.78 is 0. The van der Waals surface area contributed by atoms with Crippen LogP contribution >= 0.6 is 0 Å². The Morgan fingerprint density at radius 2 is 1.71 bits per heavy atom. The van der Waals surface area contributed by atoms with Crippen LogP contribution in [0.25, 0.3) is 0 Å². The van der Waals surface area contributed by atoms with Crippen LogP contribution in [0.3, 0.4) is 0 Å². The van der Waals surface area contributed by atoms with Crippen LogP contribution in [0.5, 0.6) is 5.75 Å². The molecule has 0 saturated heterocycles. The second-order valence-electron chi connectivity index (χ2n) is 3.82. The summed E-state index contributed by atoms with van der Waals surface area (Å²) in [7, 11) is 0. The van der Waals surface area contributed by atoms with Crippen molar-refractivity contribution in [3.8, 4) is 5.75 Å². The molecule has 0 spiro atoms. The van der Waals surface area contributed by atoms with E-state index >= 15 is 0 Å². The third-order valence-corrected chi connectivity index (χ3v) is 2.54. The minimum absolute atomic E-state index is 0.0678. The number of benzene rings is 2. The molecule has 0 aliphatic heterocycles. The van der Waals surface area contributed by atoms with E-state index < -0.39 is 5.97 Å². The summed E-state index contributed by atoms with van der Waals surface area (Å²) in [5.74, 6) is -1.31. The maximum Gasteiger partial charge on any atom is 0.339 e. The van der Waals surface area contributed by atoms with Gasteiger partial charge in [-0.25, -0.2) is 4.79 Å². The van der Waals surface area contributed by atoms with Gasteiger partial charge in [0.1, 0.15) is 11.3 Å².